The quantitative estimate of drug-likeness (QED) is 0.188. The summed E-state index contributed by atoms with van der Waals surface area (Å²) in [5, 5.41) is 4.79. The van der Waals surface area contributed by atoms with Crippen LogP contribution in [0.3, 0.4) is 0 Å². The molecule has 0 N–H and O–H groups in total. The van der Waals surface area contributed by atoms with Crippen molar-refractivity contribution >= 4 is 43.6 Å². The van der Waals surface area contributed by atoms with Crippen molar-refractivity contribution in [3.05, 3.63) is 182 Å². The minimum atomic E-state index is 0.640. The van der Waals surface area contributed by atoms with Crippen molar-refractivity contribution < 1.29 is 0 Å². The smallest absolute Gasteiger partial charge is 0.235 e. The van der Waals surface area contributed by atoms with E-state index in [0.717, 1.165) is 44.8 Å². The lowest BCUT2D eigenvalue weighted by atomic mass is 10.0. The van der Waals surface area contributed by atoms with Gasteiger partial charge in [0.15, 0.2) is 0 Å². The van der Waals surface area contributed by atoms with Crippen molar-refractivity contribution in [2.24, 2.45) is 0 Å². The number of aromatic nitrogens is 4. The van der Waals surface area contributed by atoms with Crippen LogP contribution >= 0.6 is 0 Å². The molecule has 4 nitrogen and oxygen atoms in total. The van der Waals surface area contributed by atoms with Gasteiger partial charge in [0, 0.05) is 38.4 Å². The number of fused-ring (bicyclic) bond motifs is 6. The summed E-state index contributed by atoms with van der Waals surface area (Å²) in [6.07, 6.45) is 0. The largest absolute Gasteiger partial charge is 0.309 e. The normalized spacial score (nSPS) is 11.6. The third kappa shape index (κ3) is 4.54. The van der Waals surface area contributed by atoms with E-state index in [-0.39, 0.29) is 0 Å². The summed E-state index contributed by atoms with van der Waals surface area (Å²) in [7, 11) is 0. The van der Waals surface area contributed by atoms with Crippen LogP contribution in [-0.4, -0.2) is 19.1 Å². The molecule has 0 atom stereocenters. The summed E-state index contributed by atoms with van der Waals surface area (Å²) >= 11 is 0. The van der Waals surface area contributed by atoms with Crippen LogP contribution in [0.2, 0.25) is 0 Å². The van der Waals surface area contributed by atoms with E-state index in [0.29, 0.717) is 5.95 Å². The molecule has 0 unspecified atom stereocenters. The maximum absolute atomic E-state index is 5.32. The summed E-state index contributed by atoms with van der Waals surface area (Å²) in [6.45, 7) is 0. The molecule has 0 bridgehead atoms. The van der Waals surface area contributed by atoms with Gasteiger partial charge in [0.1, 0.15) is 0 Å². The molecule has 7 aromatic carbocycles. The van der Waals surface area contributed by atoms with Crippen LogP contribution in [-0.2, 0) is 0 Å². The predicted octanol–water partition coefficient (Wildman–Crippen LogP) is 11.7. The molecular formula is C46H30N4. The van der Waals surface area contributed by atoms with Gasteiger partial charge in [-0.3, -0.25) is 4.57 Å². The Morgan fingerprint density at radius 2 is 0.740 bits per heavy atom. The first-order chi connectivity index (χ1) is 24.8. The molecule has 10 rings (SSSR count). The molecule has 0 radical (unpaired) electrons. The van der Waals surface area contributed by atoms with E-state index in [1.54, 1.807) is 0 Å². The molecule has 0 aliphatic heterocycles. The van der Waals surface area contributed by atoms with Gasteiger partial charge in [-0.2, -0.15) is 0 Å². The van der Waals surface area contributed by atoms with E-state index in [2.05, 4.69) is 179 Å². The highest BCUT2D eigenvalue weighted by atomic mass is 15.2. The van der Waals surface area contributed by atoms with Gasteiger partial charge in [-0.25, -0.2) is 9.97 Å². The molecule has 50 heavy (non-hydrogen) atoms. The maximum Gasteiger partial charge on any atom is 0.235 e. The monoisotopic (exact) mass is 638 g/mol. The van der Waals surface area contributed by atoms with E-state index >= 15 is 0 Å². The van der Waals surface area contributed by atoms with Gasteiger partial charge < -0.3 is 4.57 Å². The summed E-state index contributed by atoms with van der Waals surface area (Å²) in [4.78, 5) is 10.6. The molecular weight excluding hydrogens is 609 g/mol. The Kier molecular flexibility index (Phi) is 6.46. The molecule has 0 saturated carbocycles. The molecule has 0 fully saturated rings. The van der Waals surface area contributed by atoms with Crippen molar-refractivity contribution in [1.82, 2.24) is 19.1 Å². The van der Waals surface area contributed by atoms with Gasteiger partial charge in [-0.05, 0) is 53.6 Å². The second kappa shape index (κ2) is 11.4. The molecule has 234 valence electrons. The van der Waals surface area contributed by atoms with E-state index in [1.165, 1.54) is 38.2 Å². The molecule has 0 amide bonds. The van der Waals surface area contributed by atoms with Gasteiger partial charge in [-0.1, -0.05) is 140 Å². The minimum absolute atomic E-state index is 0.640. The molecule has 10 aromatic rings. The fourth-order valence-electron chi connectivity index (χ4n) is 7.40. The zero-order chi connectivity index (χ0) is 33.0. The Balaban J connectivity index is 1.25. The lowest BCUT2D eigenvalue weighted by Gasteiger charge is -2.12. The Labute approximate surface area is 289 Å². The molecule has 3 heterocycles. The summed E-state index contributed by atoms with van der Waals surface area (Å²) in [5.74, 6) is 0.640. The lowest BCUT2D eigenvalue weighted by molar-refractivity contribution is 0.995. The highest BCUT2D eigenvalue weighted by Gasteiger charge is 2.20. The van der Waals surface area contributed by atoms with Crippen LogP contribution < -0.4 is 0 Å². The zero-order valence-corrected chi connectivity index (χ0v) is 27.1. The minimum Gasteiger partial charge on any atom is -0.309 e. The van der Waals surface area contributed by atoms with Crippen LogP contribution in [0, 0.1) is 0 Å². The molecule has 0 aliphatic carbocycles. The number of rotatable bonds is 5. The van der Waals surface area contributed by atoms with Crippen molar-refractivity contribution in [3.63, 3.8) is 0 Å². The number of hydrogen-bond donors (Lipinski definition) is 0. The molecule has 3 aromatic heterocycles. The van der Waals surface area contributed by atoms with Gasteiger partial charge in [0.25, 0.3) is 0 Å². The molecule has 4 heteroatoms. The Hall–Kier alpha value is -6.78. The second-order valence-electron chi connectivity index (χ2n) is 12.7. The van der Waals surface area contributed by atoms with Gasteiger partial charge in [0.05, 0.1) is 33.5 Å². The first-order valence-electron chi connectivity index (χ1n) is 16.9. The van der Waals surface area contributed by atoms with Crippen molar-refractivity contribution in [2.45, 2.75) is 0 Å². The van der Waals surface area contributed by atoms with Crippen LogP contribution in [0.5, 0.6) is 0 Å². The van der Waals surface area contributed by atoms with E-state index < -0.39 is 0 Å². The number of nitrogens with zero attached hydrogens (tertiary/aromatic N) is 4. The third-order valence-electron chi connectivity index (χ3n) is 9.75. The fraction of sp³-hybridized carbons (Fsp3) is 0. The Morgan fingerprint density at radius 1 is 0.300 bits per heavy atom. The number of para-hydroxylation sites is 3. The topological polar surface area (TPSA) is 35.6 Å². The van der Waals surface area contributed by atoms with E-state index in [1.807, 2.05) is 12.1 Å². The van der Waals surface area contributed by atoms with Crippen LogP contribution in [0.25, 0.3) is 88.9 Å². The first kappa shape index (κ1) is 28.3. The predicted molar refractivity (Wildman–Crippen MR) is 207 cm³/mol. The fourth-order valence-corrected chi connectivity index (χ4v) is 7.40. The van der Waals surface area contributed by atoms with Crippen molar-refractivity contribution in [1.29, 1.82) is 0 Å². The summed E-state index contributed by atoms with van der Waals surface area (Å²) in [6, 6.07) is 64.2. The second-order valence-corrected chi connectivity index (χ2v) is 12.7. The SMILES string of the molecule is c1ccc(-c2ccc(-c3cc(-c4ccccc4)nc(-n4c5ccccc5c5cc6c7ccccc7n(-c7ccccc7)c6cc54)n3)cc2)cc1. The molecule has 0 saturated heterocycles. The standard InChI is InChI=1S/C46H30N4/c1-4-14-31(15-5-1)32-24-26-34(27-25-32)41-29-40(33-16-6-2-7-17-33)47-46(48-41)50-43-23-13-11-21-37(43)39-28-38-36-20-10-12-22-42(36)49(44(38)30-45(39)50)35-18-8-3-9-19-35/h1-30H. The van der Waals surface area contributed by atoms with Crippen LogP contribution in [0.15, 0.2) is 182 Å². The molecule has 0 spiro atoms. The molecule has 0 aliphatic rings. The lowest BCUT2D eigenvalue weighted by Crippen LogP contribution is -2.04. The van der Waals surface area contributed by atoms with Gasteiger partial charge in [-0.15, -0.1) is 0 Å². The van der Waals surface area contributed by atoms with E-state index in [4.69, 9.17) is 9.97 Å². The highest BCUT2D eigenvalue weighted by molar-refractivity contribution is 6.19. The van der Waals surface area contributed by atoms with Gasteiger partial charge >= 0.3 is 0 Å². The zero-order valence-electron chi connectivity index (χ0n) is 27.1. The Bertz CT molecular complexity index is 2830. The Morgan fingerprint density at radius 3 is 1.36 bits per heavy atom. The summed E-state index contributed by atoms with van der Waals surface area (Å²) in [5.41, 5.74) is 11.8. The third-order valence-corrected chi connectivity index (χ3v) is 9.75. The van der Waals surface area contributed by atoms with Crippen molar-refractivity contribution in [3.8, 4) is 45.3 Å². The first-order valence-corrected chi connectivity index (χ1v) is 16.9. The number of hydrogen-bond acceptors (Lipinski definition) is 2. The average Bonchev–Trinajstić information content (AvgIpc) is 3.70. The van der Waals surface area contributed by atoms with Gasteiger partial charge in [0.2, 0.25) is 5.95 Å². The average molecular weight is 639 g/mol. The highest BCUT2D eigenvalue weighted by Crippen LogP contribution is 2.39. The maximum atomic E-state index is 5.32. The van der Waals surface area contributed by atoms with E-state index in [9.17, 15) is 0 Å². The van der Waals surface area contributed by atoms with Crippen LogP contribution in [0.1, 0.15) is 0 Å². The summed E-state index contributed by atoms with van der Waals surface area (Å²) < 4.78 is 4.61. The number of benzene rings is 7. The van der Waals surface area contributed by atoms with Crippen LogP contribution in [0.4, 0.5) is 0 Å². The van der Waals surface area contributed by atoms with Crippen molar-refractivity contribution in [2.75, 3.05) is 0 Å².